The van der Waals surface area contributed by atoms with Gasteiger partial charge in [-0.05, 0) is 13.8 Å². The van der Waals surface area contributed by atoms with Crippen molar-refractivity contribution >= 4 is 0 Å². The van der Waals surface area contributed by atoms with E-state index in [1.807, 2.05) is 0 Å². The van der Waals surface area contributed by atoms with E-state index in [2.05, 4.69) is 4.98 Å². The van der Waals surface area contributed by atoms with Crippen LogP contribution in [0.25, 0.3) is 0 Å². The Morgan fingerprint density at radius 3 is 2.65 bits per heavy atom. The second kappa shape index (κ2) is 5.90. The number of nitrogens with zero attached hydrogens (tertiary/aromatic N) is 1. The van der Waals surface area contributed by atoms with E-state index in [4.69, 9.17) is 14.2 Å². The Balaban J connectivity index is 2.37. The molecule has 1 aliphatic rings. The molecule has 3 unspecified atom stereocenters. The smallest absolute Gasteiger partial charge is 0.330 e. The number of hydrogen-bond acceptors (Lipinski definition) is 5. The molecule has 2 rings (SSSR count). The van der Waals surface area contributed by atoms with Gasteiger partial charge in [0.05, 0.1) is 12.7 Å². The Bertz CT molecular complexity index is 591. The van der Waals surface area contributed by atoms with E-state index in [0.717, 1.165) is 0 Å². The lowest BCUT2D eigenvalue weighted by atomic mass is 10.2. The molecule has 112 valence electrons. The summed E-state index contributed by atoms with van der Waals surface area (Å²) in [6, 6.07) is 0. The highest BCUT2D eigenvalue weighted by molar-refractivity contribution is 5.14. The number of aromatic nitrogens is 2. The van der Waals surface area contributed by atoms with Gasteiger partial charge in [0.2, 0.25) is 0 Å². The summed E-state index contributed by atoms with van der Waals surface area (Å²) < 4.78 is 17.8. The maximum atomic E-state index is 12.0. The highest BCUT2D eigenvalue weighted by Crippen LogP contribution is 2.30. The van der Waals surface area contributed by atoms with Crippen molar-refractivity contribution in [3.63, 3.8) is 0 Å². The normalized spacial score (nSPS) is 26.1. The monoisotopic (exact) mass is 284 g/mol. The molecule has 2 heterocycles. The molecule has 0 bridgehead atoms. The third-order valence-electron chi connectivity index (χ3n) is 3.79. The number of hydrogen-bond donors (Lipinski definition) is 1. The van der Waals surface area contributed by atoms with Crippen LogP contribution in [-0.2, 0) is 14.2 Å². The minimum absolute atomic E-state index is 0.140. The fourth-order valence-electron chi connectivity index (χ4n) is 2.52. The van der Waals surface area contributed by atoms with Gasteiger partial charge in [0.15, 0.2) is 0 Å². The molecular formula is C13H20N2O5. The van der Waals surface area contributed by atoms with E-state index >= 15 is 0 Å². The summed E-state index contributed by atoms with van der Waals surface area (Å²) in [5, 5.41) is 0. The van der Waals surface area contributed by atoms with E-state index in [9.17, 15) is 9.59 Å². The van der Waals surface area contributed by atoms with Crippen molar-refractivity contribution in [2.75, 3.05) is 20.8 Å². The van der Waals surface area contributed by atoms with E-state index < -0.39 is 11.9 Å². The van der Waals surface area contributed by atoms with Crippen molar-refractivity contribution in [3.8, 4) is 0 Å². The summed E-state index contributed by atoms with van der Waals surface area (Å²) in [5.74, 6) is 0. The van der Waals surface area contributed by atoms with Crippen LogP contribution < -0.4 is 11.2 Å². The van der Waals surface area contributed by atoms with Gasteiger partial charge in [0, 0.05) is 31.9 Å². The highest BCUT2D eigenvalue weighted by Gasteiger charge is 2.37. The minimum Gasteiger partial charge on any atom is -0.382 e. The first-order chi connectivity index (χ1) is 9.49. The molecule has 1 aromatic rings. The number of ether oxygens (including phenoxy) is 3. The predicted molar refractivity (Wildman–Crippen MR) is 72.0 cm³/mol. The van der Waals surface area contributed by atoms with Crippen LogP contribution in [0, 0.1) is 13.8 Å². The lowest BCUT2D eigenvalue weighted by Crippen LogP contribution is -2.36. The number of aromatic amines is 1. The Kier molecular flexibility index (Phi) is 4.42. The zero-order valence-corrected chi connectivity index (χ0v) is 12.1. The van der Waals surface area contributed by atoms with Gasteiger partial charge >= 0.3 is 5.69 Å². The van der Waals surface area contributed by atoms with Crippen LogP contribution in [0.1, 0.15) is 23.9 Å². The third-order valence-corrected chi connectivity index (χ3v) is 3.79. The van der Waals surface area contributed by atoms with Crippen molar-refractivity contribution in [3.05, 3.63) is 32.1 Å². The van der Waals surface area contributed by atoms with E-state index in [1.165, 1.54) is 4.57 Å². The van der Waals surface area contributed by atoms with Gasteiger partial charge in [0.25, 0.3) is 5.56 Å². The molecule has 7 heteroatoms. The molecule has 1 N–H and O–H groups in total. The fourth-order valence-corrected chi connectivity index (χ4v) is 2.52. The zero-order valence-electron chi connectivity index (χ0n) is 12.1. The Morgan fingerprint density at radius 1 is 1.35 bits per heavy atom. The quantitative estimate of drug-likeness (QED) is 0.848. The zero-order chi connectivity index (χ0) is 14.9. The number of rotatable bonds is 4. The largest absolute Gasteiger partial charge is 0.382 e. The van der Waals surface area contributed by atoms with Crippen LogP contribution in [0.2, 0.25) is 0 Å². The lowest BCUT2D eigenvalue weighted by Gasteiger charge is -2.18. The molecule has 1 aromatic heterocycles. The Hall–Kier alpha value is -1.44. The van der Waals surface area contributed by atoms with Gasteiger partial charge in [-0.3, -0.25) is 14.3 Å². The summed E-state index contributed by atoms with van der Waals surface area (Å²) in [6.07, 6.45) is -0.285. The minimum atomic E-state index is -0.462. The first-order valence-electron chi connectivity index (χ1n) is 6.48. The molecule has 3 atom stereocenters. The molecular weight excluding hydrogens is 264 g/mol. The predicted octanol–water partition coefficient (Wildman–Crippen LogP) is 0.102. The van der Waals surface area contributed by atoms with Gasteiger partial charge in [0.1, 0.15) is 12.3 Å². The number of methoxy groups -OCH3 is 2. The van der Waals surface area contributed by atoms with Gasteiger partial charge in [-0.1, -0.05) is 0 Å². The van der Waals surface area contributed by atoms with Crippen LogP contribution >= 0.6 is 0 Å². The standard InChI is InChI=1S/C13H20N2O5/c1-7-8(2)15(13(17)14-12(7)16)11-5-9(19-4)10(20-11)6-18-3/h9-11H,5-6H2,1-4H3,(H,14,16,17). The molecule has 0 spiro atoms. The molecule has 0 aromatic carbocycles. The second-order valence-corrected chi connectivity index (χ2v) is 4.93. The average molecular weight is 284 g/mol. The summed E-state index contributed by atoms with van der Waals surface area (Å²) >= 11 is 0. The molecule has 1 fully saturated rings. The summed E-state index contributed by atoms with van der Waals surface area (Å²) in [6.45, 7) is 3.81. The van der Waals surface area contributed by atoms with Gasteiger partial charge < -0.3 is 14.2 Å². The molecule has 7 nitrogen and oxygen atoms in total. The maximum Gasteiger partial charge on any atom is 0.330 e. The Morgan fingerprint density at radius 2 is 2.05 bits per heavy atom. The molecule has 0 aliphatic carbocycles. The summed E-state index contributed by atoms with van der Waals surface area (Å²) in [7, 11) is 3.19. The Labute approximate surface area is 116 Å². The molecule has 0 amide bonds. The van der Waals surface area contributed by atoms with Crippen LogP contribution in [0.15, 0.2) is 9.59 Å². The van der Waals surface area contributed by atoms with Crippen molar-refractivity contribution < 1.29 is 14.2 Å². The van der Waals surface area contributed by atoms with E-state index in [-0.39, 0.29) is 17.8 Å². The van der Waals surface area contributed by atoms with Gasteiger partial charge in [-0.15, -0.1) is 0 Å². The molecule has 1 aliphatic heterocycles. The van der Waals surface area contributed by atoms with Crippen molar-refractivity contribution in [1.29, 1.82) is 0 Å². The number of nitrogens with one attached hydrogen (secondary N) is 1. The SMILES string of the molecule is COCC1OC(n2c(C)c(C)c(=O)[nH]c2=O)CC1OC. The molecule has 20 heavy (non-hydrogen) atoms. The third kappa shape index (κ3) is 2.56. The van der Waals surface area contributed by atoms with Crippen LogP contribution in [0.3, 0.4) is 0 Å². The van der Waals surface area contributed by atoms with E-state index in [1.54, 1.807) is 28.1 Å². The topological polar surface area (TPSA) is 82.5 Å². The number of H-pyrrole nitrogens is 1. The van der Waals surface area contributed by atoms with Crippen LogP contribution in [0.4, 0.5) is 0 Å². The second-order valence-electron chi connectivity index (χ2n) is 4.93. The molecule has 0 radical (unpaired) electrons. The fraction of sp³-hybridized carbons (Fsp3) is 0.692. The van der Waals surface area contributed by atoms with Crippen LogP contribution in [0.5, 0.6) is 0 Å². The van der Waals surface area contributed by atoms with Crippen molar-refractivity contribution in [2.45, 2.75) is 38.7 Å². The average Bonchev–Trinajstić information content (AvgIpc) is 2.79. The summed E-state index contributed by atoms with van der Waals surface area (Å²) in [4.78, 5) is 25.9. The highest BCUT2D eigenvalue weighted by atomic mass is 16.6. The maximum absolute atomic E-state index is 12.0. The van der Waals surface area contributed by atoms with Gasteiger partial charge in [-0.25, -0.2) is 4.79 Å². The van der Waals surface area contributed by atoms with Crippen LogP contribution in [-0.4, -0.2) is 42.6 Å². The summed E-state index contributed by atoms with van der Waals surface area (Å²) in [5.41, 5.74) is 0.295. The first-order valence-corrected chi connectivity index (χ1v) is 6.48. The van der Waals surface area contributed by atoms with E-state index in [0.29, 0.717) is 24.3 Å². The molecule has 1 saturated heterocycles. The van der Waals surface area contributed by atoms with Gasteiger partial charge in [-0.2, -0.15) is 0 Å². The molecule has 0 saturated carbocycles. The van der Waals surface area contributed by atoms with Crippen molar-refractivity contribution in [2.24, 2.45) is 0 Å². The first kappa shape index (κ1) is 15.0. The lowest BCUT2D eigenvalue weighted by molar-refractivity contribution is -0.0623. The van der Waals surface area contributed by atoms with Crippen molar-refractivity contribution in [1.82, 2.24) is 9.55 Å².